The average Bonchev–Trinajstić information content (AvgIpc) is 2.84. The zero-order valence-corrected chi connectivity index (χ0v) is 15.0. The summed E-state index contributed by atoms with van der Waals surface area (Å²) >= 11 is 1.29. The number of thiophene rings is 1. The summed E-state index contributed by atoms with van der Waals surface area (Å²) in [5.41, 5.74) is 0.681. The molecule has 0 bridgehead atoms. The number of aromatic nitrogens is 2. The molecule has 0 radical (unpaired) electrons. The molecule has 0 atom stereocenters. The number of hydrogen-bond donors (Lipinski definition) is 1. The number of hydrogen-bond acceptors (Lipinski definition) is 5. The summed E-state index contributed by atoms with van der Waals surface area (Å²) in [6.07, 6.45) is 3.55. The van der Waals surface area contributed by atoms with Gasteiger partial charge in [0.15, 0.2) is 0 Å². The molecule has 0 saturated carbocycles. The Labute approximate surface area is 140 Å². The van der Waals surface area contributed by atoms with E-state index in [4.69, 9.17) is 0 Å². The first-order chi connectivity index (χ1) is 11.0. The topological polar surface area (TPSA) is 67.2 Å². The van der Waals surface area contributed by atoms with Gasteiger partial charge < -0.3 is 10.2 Å². The van der Waals surface area contributed by atoms with Crippen LogP contribution in [0.1, 0.15) is 35.0 Å². The number of nitrogens with zero attached hydrogens (tertiary/aromatic N) is 3. The van der Waals surface area contributed by atoms with Crippen LogP contribution in [0.3, 0.4) is 0 Å². The number of carbonyl (C=O) groups is 1. The van der Waals surface area contributed by atoms with Crippen LogP contribution >= 0.6 is 11.3 Å². The fraction of sp³-hybridized carbons (Fsp3) is 0.562. The minimum Gasteiger partial charge on any atom is -0.350 e. The highest BCUT2D eigenvalue weighted by molar-refractivity contribution is 7.20. The first-order valence-electron chi connectivity index (χ1n) is 7.87. The van der Waals surface area contributed by atoms with Crippen molar-refractivity contribution in [2.75, 3.05) is 27.2 Å². The number of unbranched alkanes of at least 4 members (excludes halogenated alkanes) is 1. The molecule has 0 aliphatic heterocycles. The van der Waals surface area contributed by atoms with E-state index in [1.807, 2.05) is 25.9 Å². The van der Waals surface area contributed by atoms with Crippen molar-refractivity contribution in [3.8, 4) is 0 Å². The van der Waals surface area contributed by atoms with Gasteiger partial charge in [-0.05, 0) is 33.0 Å². The molecule has 2 aromatic heterocycles. The van der Waals surface area contributed by atoms with Gasteiger partial charge in [0.2, 0.25) is 0 Å². The molecule has 126 valence electrons. The maximum Gasteiger partial charge on any atom is 0.262 e. The lowest BCUT2D eigenvalue weighted by Gasteiger charge is -2.09. The first-order valence-corrected chi connectivity index (χ1v) is 8.68. The van der Waals surface area contributed by atoms with Gasteiger partial charge in [0.1, 0.15) is 4.83 Å². The van der Waals surface area contributed by atoms with Crippen molar-refractivity contribution >= 4 is 27.5 Å². The Bertz CT molecular complexity index is 748. The molecule has 0 fully saturated rings. The van der Waals surface area contributed by atoms with Gasteiger partial charge in [0.05, 0.1) is 16.6 Å². The Balaban J connectivity index is 2.29. The van der Waals surface area contributed by atoms with Crippen molar-refractivity contribution < 1.29 is 4.79 Å². The van der Waals surface area contributed by atoms with Crippen molar-refractivity contribution in [1.29, 1.82) is 0 Å². The standard InChI is InChI=1S/C16H24N4O2S/c1-5-6-8-20-10-18-15-12(16(20)22)11(2)13(23-15)14(21)17-7-9-19(3)4/h10H,5-9H2,1-4H3,(H,17,21). The lowest BCUT2D eigenvalue weighted by Crippen LogP contribution is -2.31. The van der Waals surface area contributed by atoms with E-state index in [1.54, 1.807) is 10.9 Å². The number of fused-ring (bicyclic) bond motifs is 1. The number of likely N-dealkylation sites (N-methyl/N-ethyl adjacent to an activating group) is 1. The molecule has 0 aliphatic carbocycles. The Hall–Kier alpha value is -1.73. The molecule has 0 aliphatic rings. The molecule has 23 heavy (non-hydrogen) atoms. The maximum atomic E-state index is 12.6. The van der Waals surface area contributed by atoms with Crippen LogP contribution in [0.4, 0.5) is 0 Å². The predicted molar refractivity (Wildman–Crippen MR) is 94.4 cm³/mol. The first kappa shape index (κ1) is 17.6. The van der Waals surface area contributed by atoms with Crippen molar-refractivity contribution in [3.63, 3.8) is 0 Å². The van der Waals surface area contributed by atoms with Crippen LogP contribution < -0.4 is 10.9 Å². The minimum absolute atomic E-state index is 0.0514. The van der Waals surface area contributed by atoms with Crippen LogP contribution in [0.5, 0.6) is 0 Å². The Kier molecular flexibility index (Phi) is 5.90. The van der Waals surface area contributed by atoms with E-state index in [-0.39, 0.29) is 11.5 Å². The molecule has 1 amide bonds. The van der Waals surface area contributed by atoms with Gasteiger partial charge in [-0.2, -0.15) is 0 Å². The smallest absolute Gasteiger partial charge is 0.262 e. The van der Waals surface area contributed by atoms with E-state index in [0.717, 1.165) is 24.9 Å². The van der Waals surface area contributed by atoms with Gasteiger partial charge in [-0.1, -0.05) is 13.3 Å². The molecular weight excluding hydrogens is 312 g/mol. The molecule has 1 N–H and O–H groups in total. The van der Waals surface area contributed by atoms with Gasteiger partial charge in [-0.15, -0.1) is 11.3 Å². The van der Waals surface area contributed by atoms with Crippen molar-refractivity contribution in [2.24, 2.45) is 0 Å². The third-order valence-corrected chi connectivity index (χ3v) is 4.92. The quantitative estimate of drug-likeness (QED) is 0.838. The predicted octanol–water partition coefficient (Wildman–Crippen LogP) is 1.86. The van der Waals surface area contributed by atoms with E-state index < -0.39 is 0 Å². The highest BCUT2D eigenvalue weighted by Gasteiger charge is 2.19. The van der Waals surface area contributed by atoms with Crippen LogP contribution in [0, 0.1) is 6.92 Å². The van der Waals surface area contributed by atoms with E-state index in [9.17, 15) is 9.59 Å². The van der Waals surface area contributed by atoms with Gasteiger partial charge in [0.25, 0.3) is 11.5 Å². The fourth-order valence-electron chi connectivity index (χ4n) is 2.34. The zero-order valence-electron chi connectivity index (χ0n) is 14.2. The van der Waals surface area contributed by atoms with E-state index in [1.165, 1.54) is 11.3 Å². The number of rotatable bonds is 7. The summed E-state index contributed by atoms with van der Waals surface area (Å²) in [4.78, 5) is 32.5. The summed E-state index contributed by atoms with van der Waals surface area (Å²) < 4.78 is 1.64. The molecule has 0 saturated heterocycles. The van der Waals surface area contributed by atoms with Crippen molar-refractivity contribution in [3.05, 3.63) is 27.1 Å². The van der Waals surface area contributed by atoms with Crippen molar-refractivity contribution in [1.82, 2.24) is 19.8 Å². The van der Waals surface area contributed by atoms with Gasteiger partial charge >= 0.3 is 0 Å². The molecule has 2 aromatic rings. The van der Waals surface area contributed by atoms with Crippen LogP contribution in [-0.4, -0.2) is 47.5 Å². The van der Waals surface area contributed by atoms with Crippen LogP contribution in [-0.2, 0) is 6.54 Å². The summed E-state index contributed by atoms with van der Waals surface area (Å²) in [5.74, 6) is -0.133. The largest absolute Gasteiger partial charge is 0.350 e. The number of amides is 1. The molecule has 0 aromatic carbocycles. The van der Waals surface area contributed by atoms with E-state index in [0.29, 0.717) is 28.2 Å². The maximum absolute atomic E-state index is 12.6. The Morgan fingerprint density at radius 1 is 1.43 bits per heavy atom. The summed E-state index contributed by atoms with van der Waals surface area (Å²) in [6, 6.07) is 0. The van der Waals surface area contributed by atoms with Crippen LogP contribution in [0.15, 0.2) is 11.1 Å². The number of nitrogens with one attached hydrogen (secondary N) is 1. The average molecular weight is 336 g/mol. The number of aryl methyl sites for hydroxylation is 2. The van der Waals surface area contributed by atoms with E-state index >= 15 is 0 Å². The minimum atomic E-state index is -0.133. The highest BCUT2D eigenvalue weighted by Crippen LogP contribution is 2.26. The molecule has 0 unspecified atom stereocenters. The third-order valence-electron chi connectivity index (χ3n) is 3.72. The SMILES string of the molecule is CCCCn1cnc2sc(C(=O)NCCN(C)C)c(C)c2c1=O. The normalized spacial score (nSPS) is 11.3. The molecule has 7 heteroatoms. The lowest BCUT2D eigenvalue weighted by molar-refractivity contribution is 0.0954. The molecule has 0 spiro atoms. The second kappa shape index (κ2) is 7.70. The zero-order chi connectivity index (χ0) is 17.0. The fourth-order valence-corrected chi connectivity index (χ4v) is 3.39. The lowest BCUT2D eigenvalue weighted by atomic mass is 10.2. The summed E-state index contributed by atoms with van der Waals surface area (Å²) in [7, 11) is 3.92. The molecule has 6 nitrogen and oxygen atoms in total. The van der Waals surface area contributed by atoms with Gasteiger partial charge in [-0.25, -0.2) is 4.98 Å². The van der Waals surface area contributed by atoms with Crippen LogP contribution in [0.2, 0.25) is 0 Å². The monoisotopic (exact) mass is 336 g/mol. The Morgan fingerprint density at radius 2 is 2.17 bits per heavy atom. The molecule has 2 rings (SSSR count). The second-order valence-electron chi connectivity index (χ2n) is 5.89. The molecular formula is C16H24N4O2S. The van der Waals surface area contributed by atoms with Gasteiger partial charge in [0, 0.05) is 19.6 Å². The van der Waals surface area contributed by atoms with E-state index in [2.05, 4.69) is 17.2 Å². The Morgan fingerprint density at radius 3 is 2.83 bits per heavy atom. The molecule has 2 heterocycles. The third kappa shape index (κ3) is 3.97. The summed E-state index contributed by atoms with van der Waals surface area (Å²) in [5, 5.41) is 3.47. The van der Waals surface area contributed by atoms with Gasteiger partial charge in [-0.3, -0.25) is 14.2 Å². The highest BCUT2D eigenvalue weighted by atomic mass is 32.1. The summed E-state index contributed by atoms with van der Waals surface area (Å²) in [6.45, 7) is 5.93. The van der Waals surface area contributed by atoms with Crippen molar-refractivity contribution in [2.45, 2.75) is 33.2 Å². The number of carbonyl (C=O) groups excluding carboxylic acids is 1. The second-order valence-corrected chi connectivity index (χ2v) is 6.89. The van der Waals surface area contributed by atoms with Crippen LogP contribution in [0.25, 0.3) is 10.2 Å².